The molecule has 9 nitrogen and oxygen atoms in total. The third-order valence-electron chi connectivity index (χ3n) is 5.13. The molecular weight excluding hydrogens is 372 g/mol. The van der Waals surface area contributed by atoms with Gasteiger partial charge in [-0.3, -0.25) is 4.79 Å². The summed E-state index contributed by atoms with van der Waals surface area (Å²) in [6.45, 7) is 3.15. The Morgan fingerprint density at radius 3 is 3.03 bits per heavy atom. The fourth-order valence-corrected chi connectivity index (χ4v) is 3.56. The number of amides is 1. The number of rotatable bonds is 4. The Morgan fingerprint density at radius 1 is 1.48 bits per heavy atom. The van der Waals surface area contributed by atoms with Crippen LogP contribution in [0.2, 0.25) is 0 Å². The summed E-state index contributed by atoms with van der Waals surface area (Å²) in [5.74, 6) is 3.23. The highest BCUT2D eigenvalue weighted by Crippen LogP contribution is 2.37. The number of fused-ring (bicyclic) bond motifs is 3. The SMILES string of the molecule is C[C@H](Nc1ccc2c(c1)OCCn1cc(N3CC(C#N)CC3=C=O)nc1-2)C(N)=O. The van der Waals surface area contributed by atoms with Crippen molar-refractivity contribution in [3.05, 3.63) is 30.1 Å². The number of benzene rings is 1. The number of anilines is 2. The number of nitrogens with zero attached hydrogens (tertiary/aromatic N) is 4. The molecule has 3 heterocycles. The van der Waals surface area contributed by atoms with Gasteiger partial charge in [-0.25, -0.2) is 9.78 Å². The Balaban J connectivity index is 1.68. The summed E-state index contributed by atoms with van der Waals surface area (Å²) in [5, 5.41) is 12.2. The van der Waals surface area contributed by atoms with Gasteiger partial charge in [-0.2, -0.15) is 5.26 Å². The van der Waals surface area contributed by atoms with E-state index in [1.165, 1.54) is 0 Å². The quantitative estimate of drug-likeness (QED) is 0.751. The monoisotopic (exact) mass is 392 g/mol. The van der Waals surface area contributed by atoms with Gasteiger partial charge in [0.25, 0.3) is 0 Å². The molecule has 29 heavy (non-hydrogen) atoms. The van der Waals surface area contributed by atoms with Crippen LogP contribution in [0.15, 0.2) is 30.1 Å². The number of ether oxygens (including phenoxy) is 1. The van der Waals surface area contributed by atoms with Crippen molar-refractivity contribution in [3.63, 3.8) is 0 Å². The van der Waals surface area contributed by atoms with Gasteiger partial charge in [0, 0.05) is 30.9 Å². The van der Waals surface area contributed by atoms with Crippen molar-refractivity contribution in [1.82, 2.24) is 9.55 Å². The molecule has 1 aromatic carbocycles. The normalized spacial score (nSPS) is 18.6. The molecule has 1 aromatic heterocycles. The number of carbonyl (C=O) groups is 1. The lowest BCUT2D eigenvalue weighted by molar-refractivity contribution is -0.118. The first-order chi connectivity index (χ1) is 14.0. The Hall–Kier alpha value is -3.76. The molecule has 2 aromatic rings. The fraction of sp³-hybridized carbons (Fsp3) is 0.350. The summed E-state index contributed by atoms with van der Waals surface area (Å²) < 4.78 is 7.85. The zero-order chi connectivity index (χ0) is 20.5. The lowest BCUT2D eigenvalue weighted by Gasteiger charge is -2.15. The molecule has 0 spiro atoms. The highest BCUT2D eigenvalue weighted by Gasteiger charge is 2.31. The third-order valence-corrected chi connectivity index (χ3v) is 5.13. The van der Waals surface area contributed by atoms with Crippen molar-refractivity contribution in [3.8, 4) is 23.2 Å². The molecular formula is C20H20N6O3. The molecule has 2 atom stereocenters. The van der Waals surface area contributed by atoms with Gasteiger partial charge in [-0.05, 0) is 19.1 Å². The summed E-state index contributed by atoms with van der Waals surface area (Å²) in [7, 11) is 0. The summed E-state index contributed by atoms with van der Waals surface area (Å²) in [4.78, 5) is 29.1. The van der Waals surface area contributed by atoms with E-state index in [0.717, 1.165) is 11.3 Å². The summed E-state index contributed by atoms with van der Waals surface area (Å²) >= 11 is 0. The second-order valence-electron chi connectivity index (χ2n) is 7.13. The summed E-state index contributed by atoms with van der Waals surface area (Å²) in [5.41, 5.74) is 7.28. The zero-order valence-corrected chi connectivity index (χ0v) is 15.9. The van der Waals surface area contributed by atoms with Gasteiger partial charge in [0.2, 0.25) is 5.91 Å². The minimum Gasteiger partial charge on any atom is -0.491 e. The minimum atomic E-state index is -0.510. The van der Waals surface area contributed by atoms with E-state index in [4.69, 9.17) is 15.5 Å². The van der Waals surface area contributed by atoms with Crippen LogP contribution in [0.25, 0.3) is 11.4 Å². The maximum Gasteiger partial charge on any atom is 0.239 e. The molecule has 1 fully saturated rings. The molecule has 2 aliphatic heterocycles. The fourth-order valence-electron chi connectivity index (χ4n) is 3.56. The molecule has 1 amide bonds. The van der Waals surface area contributed by atoms with Gasteiger partial charge in [-0.15, -0.1) is 0 Å². The average Bonchev–Trinajstić information content (AvgIpc) is 3.28. The van der Waals surface area contributed by atoms with Crippen LogP contribution in [0.5, 0.6) is 5.75 Å². The number of nitrogens with two attached hydrogens (primary N) is 1. The van der Waals surface area contributed by atoms with E-state index in [0.29, 0.717) is 49.2 Å². The Labute approximate surface area is 167 Å². The van der Waals surface area contributed by atoms with Crippen LogP contribution in [-0.2, 0) is 16.1 Å². The lowest BCUT2D eigenvalue weighted by atomic mass is 10.1. The van der Waals surface area contributed by atoms with Gasteiger partial charge >= 0.3 is 0 Å². The molecule has 1 saturated heterocycles. The second-order valence-corrected chi connectivity index (χ2v) is 7.13. The summed E-state index contributed by atoms with van der Waals surface area (Å²) in [6.07, 6.45) is 2.25. The second kappa shape index (κ2) is 7.34. The van der Waals surface area contributed by atoms with Crippen LogP contribution in [0.4, 0.5) is 11.5 Å². The van der Waals surface area contributed by atoms with Crippen molar-refractivity contribution in [1.29, 1.82) is 5.26 Å². The molecule has 4 rings (SSSR count). The largest absolute Gasteiger partial charge is 0.491 e. The van der Waals surface area contributed by atoms with E-state index < -0.39 is 11.9 Å². The molecule has 0 saturated carbocycles. The first kappa shape index (κ1) is 18.6. The van der Waals surface area contributed by atoms with E-state index in [2.05, 4.69) is 11.4 Å². The van der Waals surface area contributed by atoms with E-state index >= 15 is 0 Å². The minimum absolute atomic E-state index is 0.246. The van der Waals surface area contributed by atoms with Crippen molar-refractivity contribution in [2.24, 2.45) is 11.7 Å². The molecule has 0 bridgehead atoms. The van der Waals surface area contributed by atoms with Gasteiger partial charge in [0.15, 0.2) is 5.82 Å². The number of carbonyl (C=O) groups excluding carboxylic acids is 2. The number of hydrogen-bond acceptors (Lipinski definition) is 7. The topological polar surface area (TPSA) is 126 Å². The smallest absolute Gasteiger partial charge is 0.239 e. The van der Waals surface area contributed by atoms with Gasteiger partial charge < -0.3 is 25.3 Å². The van der Waals surface area contributed by atoms with Crippen molar-refractivity contribution >= 4 is 23.4 Å². The van der Waals surface area contributed by atoms with Crippen LogP contribution in [0.1, 0.15) is 13.3 Å². The van der Waals surface area contributed by atoms with Crippen molar-refractivity contribution in [2.75, 3.05) is 23.4 Å². The highest BCUT2D eigenvalue weighted by atomic mass is 16.5. The van der Waals surface area contributed by atoms with E-state index in [1.807, 2.05) is 34.9 Å². The van der Waals surface area contributed by atoms with Gasteiger partial charge in [-0.1, -0.05) is 0 Å². The number of aromatic nitrogens is 2. The third kappa shape index (κ3) is 3.42. The number of hydrogen-bond donors (Lipinski definition) is 2. The number of imidazole rings is 1. The average molecular weight is 392 g/mol. The maximum atomic E-state index is 11.3. The van der Waals surface area contributed by atoms with Crippen molar-refractivity contribution in [2.45, 2.75) is 25.9 Å². The molecule has 3 N–H and O–H groups in total. The van der Waals surface area contributed by atoms with E-state index in [-0.39, 0.29) is 5.92 Å². The van der Waals surface area contributed by atoms with Crippen molar-refractivity contribution < 1.29 is 14.3 Å². The van der Waals surface area contributed by atoms with Gasteiger partial charge in [0.05, 0.1) is 24.1 Å². The molecule has 0 radical (unpaired) electrons. The molecule has 1 unspecified atom stereocenters. The van der Waals surface area contributed by atoms with E-state index in [1.54, 1.807) is 11.8 Å². The standard InChI is InChI=1S/C20H20N6O3/c1-12(19(22)28)23-14-2-3-16-17(7-14)29-5-4-25-10-18(24-20(16)25)26-9-13(8-21)6-15(26)11-27/h2-3,7,10,12-13,23H,4-6,9H2,1H3,(H2,22,28)/t12-,13?/m0/s1. The maximum absolute atomic E-state index is 11.3. The number of nitriles is 1. The lowest BCUT2D eigenvalue weighted by Crippen LogP contribution is -2.32. The molecule has 0 aliphatic carbocycles. The summed E-state index contributed by atoms with van der Waals surface area (Å²) in [6, 6.07) is 7.23. The van der Waals surface area contributed by atoms with Crippen LogP contribution >= 0.6 is 0 Å². The van der Waals surface area contributed by atoms with Gasteiger partial charge in [0.1, 0.15) is 35.9 Å². The number of allylic oxidation sites excluding steroid dienone is 1. The number of nitrogens with one attached hydrogen (secondary N) is 1. The first-order valence-electron chi connectivity index (χ1n) is 9.31. The number of primary amides is 1. The molecule has 9 heteroatoms. The predicted octanol–water partition coefficient (Wildman–Crippen LogP) is 1.29. The molecule has 2 aliphatic rings. The highest BCUT2D eigenvalue weighted by molar-refractivity contribution is 5.83. The Bertz CT molecular complexity index is 1060. The van der Waals surface area contributed by atoms with Crippen LogP contribution in [0.3, 0.4) is 0 Å². The predicted molar refractivity (Wildman–Crippen MR) is 106 cm³/mol. The van der Waals surface area contributed by atoms with Crippen LogP contribution in [-0.4, -0.2) is 40.6 Å². The van der Waals surface area contributed by atoms with E-state index in [9.17, 15) is 14.9 Å². The zero-order valence-electron chi connectivity index (χ0n) is 15.9. The Kier molecular flexibility index (Phi) is 4.71. The Morgan fingerprint density at radius 2 is 2.31 bits per heavy atom. The molecule has 148 valence electrons. The van der Waals surface area contributed by atoms with Crippen LogP contribution < -0.4 is 20.7 Å². The van der Waals surface area contributed by atoms with Crippen LogP contribution in [0, 0.1) is 17.2 Å². The first-order valence-corrected chi connectivity index (χ1v) is 9.31.